The van der Waals surface area contributed by atoms with Gasteiger partial charge in [0.15, 0.2) is 0 Å². The Kier molecular flexibility index (Phi) is 23.2. The van der Waals surface area contributed by atoms with Gasteiger partial charge in [0.25, 0.3) is 0 Å². The number of hydrogen-bond donors (Lipinski definition) is 0. The molecule has 0 heterocycles. The van der Waals surface area contributed by atoms with E-state index in [1.165, 1.54) is 41.5 Å². The minimum atomic E-state index is -0.0625. The van der Waals surface area contributed by atoms with E-state index in [-0.39, 0.29) is 73.8 Å². The van der Waals surface area contributed by atoms with E-state index < -0.39 is 0 Å². The number of rotatable bonds is 6. The van der Waals surface area contributed by atoms with Crippen LogP contribution in [0.5, 0.6) is 0 Å². The minimum Gasteiger partial charge on any atom is -0.300 e. The molecular weight excluding hydrogens is 346 g/mol. The summed E-state index contributed by atoms with van der Waals surface area (Å²) in [6.45, 7) is 8.42. The Morgan fingerprint density at radius 3 is 0.500 bits per heavy atom. The van der Waals surface area contributed by atoms with Crippen molar-refractivity contribution in [2.45, 2.75) is 60.8 Å². The van der Waals surface area contributed by atoms with E-state index in [2.05, 4.69) is 0 Å². The molecule has 0 amide bonds. The number of carbonyl (C=O) groups excluding carboxylic acids is 6. The fraction of sp³-hybridized carbons (Fsp3) is 0.600. The fourth-order valence-electron chi connectivity index (χ4n) is 1.05. The Bertz CT molecular complexity index is 314. The smallest absolute Gasteiger partial charge is 0.300 e. The van der Waals surface area contributed by atoms with Gasteiger partial charge in [-0.25, -0.2) is 0 Å². The first-order valence-corrected chi connectivity index (χ1v) is 6.35. The molecule has 0 aliphatic heterocycles. The molecule has 120 valence electrons. The second kappa shape index (κ2) is 17.7. The van der Waals surface area contributed by atoms with Crippen LogP contribution in [-0.4, -0.2) is 54.5 Å². The molecule has 0 aromatic heterocycles. The molecule has 0 aromatic carbocycles. The molecule has 0 radical (unpaired) electrons. The van der Waals surface area contributed by atoms with Crippen LogP contribution in [0.1, 0.15) is 60.8 Å². The average Bonchev–Trinajstić information content (AvgIpc) is 2.10. The standard InChI is InChI=1S/3C5H8O2.Ga/c3*1-4(6)3-5(2)7;/h3*3H2,1-2H3;/q;;;+3. The molecular formula is C15H24GaO6+3. The molecule has 0 fully saturated rings. The first kappa shape index (κ1) is 28.8. The quantitative estimate of drug-likeness (QED) is 0.516. The van der Waals surface area contributed by atoms with Gasteiger partial charge in [-0.2, -0.15) is 0 Å². The third-order valence-corrected chi connectivity index (χ3v) is 1.49. The Morgan fingerprint density at radius 2 is 0.500 bits per heavy atom. The van der Waals surface area contributed by atoms with Gasteiger partial charge in [-0.05, 0) is 41.5 Å². The Balaban J connectivity index is -0.000000108. The third-order valence-electron chi connectivity index (χ3n) is 1.49. The number of ketones is 6. The van der Waals surface area contributed by atoms with Crippen LogP contribution in [0.4, 0.5) is 0 Å². The first-order chi connectivity index (χ1) is 9.38. The van der Waals surface area contributed by atoms with E-state index in [4.69, 9.17) is 0 Å². The van der Waals surface area contributed by atoms with Crippen molar-refractivity contribution in [1.29, 1.82) is 0 Å². The fourth-order valence-corrected chi connectivity index (χ4v) is 1.05. The monoisotopic (exact) mass is 369 g/mol. The topological polar surface area (TPSA) is 102 Å². The molecule has 0 unspecified atom stereocenters. The Morgan fingerprint density at radius 1 is 0.409 bits per heavy atom. The summed E-state index contributed by atoms with van der Waals surface area (Å²) in [7, 11) is 0. The van der Waals surface area contributed by atoms with Crippen LogP contribution in [0.2, 0.25) is 0 Å². The van der Waals surface area contributed by atoms with Crippen LogP contribution in [0, 0.1) is 0 Å². The predicted molar refractivity (Wildman–Crippen MR) is 83.7 cm³/mol. The molecule has 0 N–H and O–H groups in total. The van der Waals surface area contributed by atoms with E-state index in [1.54, 1.807) is 0 Å². The number of hydrogen-bond acceptors (Lipinski definition) is 6. The average molecular weight is 370 g/mol. The Labute approximate surface area is 144 Å². The maximum absolute atomic E-state index is 10.0. The van der Waals surface area contributed by atoms with Gasteiger partial charge in [-0.3, -0.25) is 28.8 Å². The van der Waals surface area contributed by atoms with E-state index in [1.807, 2.05) is 0 Å². The van der Waals surface area contributed by atoms with E-state index in [0.717, 1.165) is 0 Å². The second-order valence-corrected chi connectivity index (χ2v) is 4.74. The third kappa shape index (κ3) is 51.2. The van der Waals surface area contributed by atoms with Crippen LogP contribution in [-0.2, 0) is 28.8 Å². The zero-order chi connectivity index (χ0) is 17.6. The number of carbonyl (C=O) groups is 6. The van der Waals surface area contributed by atoms with Gasteiger partial charge in [0.05, 0.1) is 19.3 Å². The van der Waals surface area contributed by atoms with E-state index in [9.17, 15) is 28.8 Å². The molecule has 0 bridgehead atoms. The van der Waals surface area contributed by atoms with Gasteiger partial charge in [0.2, 0.25) is 0 Å². The van der Waals surface area contributed by atoms with Gasteiger partial charge in [-0.15, -0.1) is 0 Å². The summed E-state index contributed by atoms with van der Waals surface area (Å²) in [5.74, 6) is -0.375. The van der Waals surface area contributed by atoms with Crippen molar-refractivity contribution in [2.75, 3.05) is 0 Å². The van der Waals surface area contributed by atoms with Crippen molar-refractivity contribution < 1.29 is 28.8 Å². The molecule has 0 saturated carbocycles. The summed E-state index contributed by atoms with van der Waals surface area (Å²) in [6.07, 6.45) is 0.250. The van der Waals surface area contributed by atoms with Crippen molar-refractivity contribution in [3.8, 4) is 0 Å². The van der Waals surface area contributed by atoms with Gasteiger partial charge < -0.3 is 0 Å². The zero-order valence-electron chi connectivity index (χ0n) is 14.1. The molecule has 0 aliphatic carbocycles. The molecule has 6 nitrogen and oxygen atoms in total. The second-order valence-electron chi connectivity index (χ2n) is 4.74. The summed E-state index contributed by atoms with van der Waals surface area (Å²) in [5.41, 5.74) is 0. The molecule has 0 spiro atoms. The van der Waals surface area contributed by atoms with Gasteiger partial charge in [-0.1, -0.05) is 0 Å². The van der Waals surface area contributed by atoms with Crippen LogP contribution < -0.4 is 0 Å². The summed E-state index contributed by atoms with van der Waals surface area (Å²) < 4.78 is 0. The van der Waals surface area contributed by atoms with Crippen LogP contribution in [0.25, 0.3) is 0 Å². The summed E-state index contributed by atoms with van der Waals surface area (Å²) in [5, 5.41) is 0. The minimum absolute atomic E-state index is 0. The van der Waals surface area contributed by atoms with Crippen LogP contribution >= 0.6 is 0 Å². The van der Waals surface area contributed by atoms with E-state index in [0.29, 0.717) is 0 Å². The molecule has 7 heteroatoms. The molecule has 0 saturated heterocycles. The molecule has 22 heavy (non-hydrogen) atoms. The first-order valence-electron chi connectivity index (χ1n) is 6.35. The van der Waals surface area contributed by atoms with Crippen LogP contribution in [0.15, 0.2) is 0 Å². The summed E-state index contributed by atoms with van der Waals surface area (Å²) in [4.78, 5) is 60.2. The van der Waals surface area contributed by atoms with Gasteiger partial charge >= 0.3 is 19.8 Å². The number of Topliss-reactive ketones (excluding diaryl/α,β-unsaturated/α-hetero) is 6. The van der Waals surface area contributed by atoms with Gasteiger partial charge in [0, 0.05) is 0 Å². The molecule has 0 aromatic rings. The predicted octanol–water partition coefficient (Wildman–Crippen LogP) is 1.28. The summed E-state index contributed by atoms with van der Waals surface area (Å²) in [6, 6.07) is 0. The van der Waals surface area contributed by atoms with Crippen molar-refractivity contribution in [3.05, 3.63) is 0 Å². The SMILES string of the molecule is CC(=O)CC(C)=O.CC(=O)CC(C)=O.CC(=O)CC(C)=O.[Ga+3]. The molecule has 0 atom stereocenters. The van der Waals surface area contributed by atoms with Crippen molar-refractivity contribution >= 4 is 54.5 Å². The normalized spacial score (nSPS) is 7.91. The van der Waals surface area contributed by atoms with Crippen molar-refractivity contribution in [3.63, 3.8) is 0 Å². The van der Waals surface area contributed by atoms with Gasteiger partial charge in [0.1, 0.15) is 34.7 Å². The largest absolute Gasteiger partial charge is 3.00 e. The summed E-state index contributed by atoms with van der Waals surface area (Å²) >= 11 is 0. The molecule has 0 rings (SSSR count). The molecule has 0 aliphatic rings. The maximum Gasteiger partial charge on any atom is 3.00 e. The maximum atomic E-state index is 10.0. The Hall–Kier alpha value is -1.34. The van der Waals surface area contributed by atoms with Crippen molar-refractivity contribution in [1.82, 2.24) is 0 Å². The van der Waals surface area contributed by atoms with Crippen LogP contribution in [0.3, 0.4) is 0 Å². The zero-order valence-corrected chi connectivity index (χ0v) is 16.6. The van der Waals surface area contributed by atoms with Crippen molar-refractivity contribution in [2.24, 2.45) is 0 Å². The van der Waals surface area contributed by atoms with E-state index >= 15 is 0 Å².